The zero-order valence-electron chi connectivity index (χ0n) is 16.1. The standard InChI is InChI=1S/C23H18FN3O2S/c1-15(21(28)25-17-13-11-16(24)12-14-17)30-23-26-20-10-6-5-9-19(20)22(29)27(23)18-7-3-2-4-8-18/h2-15H,1H3,(H,25,28). The minimum Gasteiger partial charge on any atom is -0.325 e. The Balaban J connectivity index is 1.69. The molecule has 1 aromatic heterocycles. The highest BCUT2D eigenvalue weighted by molar-refractivity contribution is 8.00. The summed E-state index contributed by atoms with van der Waals surface area (Å²) in [6.07, 6.45) is 0. The van der Waals surface area contributed by atoms with Gasteiger partial charge in [0.2, 0.25) is 5.91 Å². The average Bonchev–Trinajstić information content (AvgIpc) is 2.76. The summed E-state index contributed by atoms with van der Waals surface area (Å²) in [5.41, 5.74) is 1.55. The molecule has 1 unspecified atom stereocenters. The van der Waals surface area contributed by atoms with E-state index in [1.807, 2.05) is 36.4 Å². The molecule has 30 heavy (non-hydrogen) atoms. The van der Waals surface area contributed by atoms with E-state index in [9.17, 15) is 14.0 Å². The number of nitrogens with one attached hydrogen (secondary N) is 1. The number of fused-ring (bicyclic) bond motifs is 1. The summed E-state index contributed by atoms with van der Waals surface area (Å²) in [7, 11) is 0. The third kappa shape index (κ3) is 4.11. The molecule has 1 atom stereocenters. The van der Waals surface area contributed by atoms with Gasteiger partial charge in [-0.3, -0.25) is 14.2 Å². The van der Waals surface area contributed by atoms with E-state index in [0.717, 1.165) is 0 Å². The maximum absolute atomic E-state index is 13.2. The molecule has 1 N–H and O–H groups in total. The van der Waals surface area contributed by atoms with E-state index in [-0.39, 0.29) is 17.3 Å². The summed E-state index contributed by atoms with van der Waals surface area (Å²) in [5, 5.41) is 3.15. The number of nitrogens with zero attached hydrogens (tertiary/aromatic N) is 2. The Hall–Kier alpha value is -3.45. The number of rotatable bonds is 5. The first kappa shape index (κ1) is 19.8. The van der Waals surface area contributed by atoms with Crippen LogP contribution in [0.5, 0.6) is 0 Å². The van der Waals surface area contributed by atoms with Gasteiger partial charge in [-0.2, -0.15) is 0 Å². The molecule has 1 amide bonds. The maximum atomic E-state index is 13.2. The minimum absolute atomic E-state index is 0.194. The molecule has 0 fully saturated rings. The summed E-state index contributed by atoms with van der Waals surface area (Å²) in [5.74, 6) is -0.642. The van der Waals surface area contributed by atoms with Gasteiger partial charge >= 0.3 is 0 Å². The van der Waals surface area contributed by atoms with Gasteiger partial charge in [-0.05, 0) is 55.5 Å². The summed E-state index contributed by atoms with van der Waals surface area (Å²) in [6.45, 7) is 1.74. The van der Waals surface area contributed by atoms with Crippen molar-refractivity contribution in [1.82, 2.24) is 9.55 Å². The van der Waals surface area contributed by atoms with Crippen LogP contribution < -0.4 is 10.9 Å². The van der Waals surface area contributed by atoms with Crippen molar-refractivity contribution in [3.05, 3.63) is 95.0 Å². The number of amides is 1. The van der Waals surface area contributed by atoms with Crippen molar-refractivity contribution in [2.24, 2.45) is 0 Å². The molecule has 0 bridgehead atoms. The van der Waals surface area contributed by atoms with Crippen molar-refractivity contribution in [2.75, 3.05) is 5.32 Å². The quantitative estimate of drug-likeness (QED) is 0.378. The Morgan fingerprint density at radius 3 is 2.40 bits per heavy atom. The number of anilines is 1. The van der Waals surface area contributed by atoms with Gasteiger partial charge in [0.1, 0.15) is 5.82 Å². The van der Waals surface area contributed by atoms with Crippen LogP contribution in [0.3, 0.4) is 0 Å². The number of thioether (sulfide) groups is 1. The molecule has 1 heterocycles. The van der Waals surface area contributed by atoms with Crippen molar-refractivity contribution < 1.29 is 9.18 Å². The number of carbonyl (C=O) groups excluding carboxylic acids is 1. The van der Waals surface area contributed by atoms with Crippen LogP contribution in [0.25, 0.3) is 16.6 Å². The van der Waals surface area contributed by atoms with Gasteiger partial charge in [-0.25, -0.2) is 9.37 Å². The number of hydrogen-bond donors (Lipinski definition) is 1. The van der Waals surface area contributed by atoms with Crippen LogP contribution in [-0.4, -0.2) is 20.7 Å². The van der Waals surface area contributed by atoms with E-state index in [1.165, 1.54) is 40.6 Å². The van der Waals surface area contributed by atoms with Gasteiger partial charge in [0.25, 0.3) is 5.56 Å². The molecule has 0 saturated heterocycles. The maximum Gasteiger partial charge on any atom is 0.266 e. The van der Waals surface area contributed by atoms with Gasteiger partial charge in [0.05, 0.1) is 21.8 Å². The first-order valence-electron chi connectivity index (χ1n) is 9.33. The van der Waals surface area contributed by atoms with E-state index in [2.05, 4.69) is 10.3 Å². The lowest BCUT2D eigenvalue weighted by molar-refractivity contribution is -0.115. The smallest absolute Gasteiger partial charge is 0.266 e. The Labute approximate surface area is 176 Å². The normalized spacial score (nSPS) is 11.9. The molecule has 0 aliphatic rings. The lowest BCUT2D eigenvalue weighted by atomic mass is 10.2. The van der Waals surface area contributed by atoms with E-state index in [4.69, 9.17) is 0 Å². The fourth-order valence-electron chi connectivity index (χ4n) is 2.98. The van der Waals surface area contributed by atoms with Crippen LogP contribution in [0.4, 0.5) is 10.1 Å². The second-order valence-electron chi connectivity index (χ2n) is 6.64. The van der Waals surface area contributed by atoms with Crippen molar-refractivity contribution in [3.8, 4) is 5.69 Å². The van der Waals surface area contributed by atoms with Crippen LogP contribution in [-0.2, 0) is 4.79 Å². The third-order valence-corrected chi connectivity index (χ3v) is 5.57. The van der Waals surface area contributed by atoms with Crippen LogP contribution in [0.2, 0.25) is 0 Å². The molecule has 4 aromatic rings. The van der Waals surface area contributed by atoms with Crippen LogP contribution in [0.1, 0.15) is 6.92 Å². The molecule has 5 nitrogen and oxygen atoms in total. The van der Waals surface area contributed by atoms with Crippen LogP contribution in [0, 0.1) is 5.82 Å². The summed E-state index contributed by atoms with van der Waals surface area (Å²) in [4.78, 5) is 30.5. The van der Waals surface area contributed by atoms with Crippen molar-refractivity contribution in [3.63, 3.8) is 0 Å². The highest BCUT2D eigenvalue weighted by atomic mass is 32.2. The van der Waals surface area contributed by atoms with Gasteiger partial charge in [-0.15, -0.1) is 0 Å². The van der Waals surface area contributed by atoms with Gasteiger partial charge < -0.3 is 5.32 Å². The van der Waals surface area contributed by atoms with E-state index in [1.54, 1.807) is 25.1 Å². The average molecular weight is 419 g/mol. The van der Waals surface area contributed by atoms with Gasteiger partial charge in [0, 0.05) is 5.69 Å². The third-order valence-electron chi connectivity index (χ3n) is 4.52. The van der Waals surface area contributed by atoms with E-state index in [0.29, 0.717) is 27.4 Å². The second-order valence-corrected chi connectivity index (χ2v) is 7.95. The molecule has 150 valence electrons. The molecule has 0 saturated carbocycles. The summed E-state index contributed by atoms with van der Waals surface area (Å²) < 4.78 is 14.6. The lowest BCUT2D eigenvalue weighted by Crippen LogP contribution is -2.26. The highest BCUT2D eigenvalue weighted by Gasteiger charge is 2.20. The molecule has 3 aromatic carbocycles. The summed E-state index contributed by atoms with van der Waals surface area (Å²) in [6, 6.07) is 21.9. The Morgan fingerprint density at radius 2 is 1.67 bits per heavy atom. The van der Waals surface area contributed by atoms with Crippen LogP contribution in [0.15, 0.2) is 88.8 Å². The predicted molar refractivity (Wildman–Crippen MR) is 118 cm³/mol. The van der Waals surface area contributed by atoms with Crippen molar-refractivity contribution in [2.45, 2.75) is 17.3 Å². The number of carbonyl (C=O) groups is 1. The number of hydrogen-bond acceptors (Lipinski definition) is 4. The highest BCUT2D eigenvalue weighted by Crippen LogP contribution is 2.26. The van der Waals surface area contributed by atoms with Crippen molar-refractivity contribution in [1.29, 1.82) is 0 Å². The van der Waals surface area contributed by atoms with Gasteiger partial charge in [0.15, 0.2) is 5.16 Å². The molecule has 4 rings (SSSR count). The molecular weight excluding hydrogens is 401 g/mol. The number of benzene rings is 3. The van der Waals surface area contributed by atoms with Gasteiger partial charge in [-0.1, -0.05) is 42.1 Å². The molecular formula is C23H18FN3O2S. The molecule has 0 spiro atoms. The lowest BCUT2D eigenvalue weighted by Gasteiger charge is -2.16. The SMILES string of the molecule is CC(Sc1nc2ccccc2c(=O)n1-c1ccccc1)C(=O)Nc1ccc(F)cc1. The Kier molecular flexibility index (Phi) is 5.63. The second kappa shape index (κ2) is 8.51. The number of aromatic nitrogens is 2. The predicted octanol–water partition coefficient (Wildman–Crippen LogP) is 4.64. The zero-order valence-corrected chi connectivity index (χ0v) is 16.9. The first-order valence-corrected chi connectivity index (χ1v) is 10.2. The van der Waals surface area contributed by atoms with Crippen LogP contribution >= 0.6 is 11.8 Å². The minimum atomic E-state index is -0.543. The fourth-order valence-corrected chi connectivity index (χ4v) is 3.91. The molecule has 0 aliphatic carbocycles. The fraction of sp³-hybridized carbons (Fsp3) is 0.0870. The summed E-state index contributed by atoms with van der Waals surface area (Å²) >= 11 is 1.19. The Bertz CT molecular complexity index is 1260. The topological polar surface area (TPSA) is 64.0 Å². The number of para-hydroxylation sites is 2. The van der Waals surface area contributed by atoms with E-state index >= 15 is 0 Å². The number of halogens is 1. The van der Waals surface area contributed by atoms with Crippen molar-refractivity contribution >= 4 is 34.3 Å². The zero-order chi connectivity index (χ0) is 21.1. The molecule has 0 radical (unpaired) electrons. The Morgan fingerprint density at radius 1 is 1.00 bits per heavy atom. The molecule has 7 heteroatoms. The first-order chi connectivity index (χ1) is 14.5. The van der Waals surface area contributed by atoms with E-state index < -0.39 is 5.25 Å². The molecule has 0 aliphatic heterocycles. The largest absolute Gasteiger partial charge is 0.325 e. The monoisotopic (exact) mass is 419 g/mol.